The molecule has 2 rings (SSSR count). The molecule has 0 aliphatic carbocycles. The third-order valence-electron chi connectivity index (χ3n) is 3.92. The molecule has 7 heteroatoms. The third-order valence-corrected chi connectivity index (χ3v) is 3.92. The lowest BCUT2D eigenvalue weighted by atomic mass is 9.98. The Morgan fingerprint density at radius 2 is 2.05 bits per heavy atom. The summed E-state index contributed by atoms with van der Waals surface area (Å²) in [6.45, 7) is 5.63. The lowest BCUT2D eigenvalue weighted by Gasteiger charge is -2.32. The first-order valence-electron chi connectivity index (χ1n) is 8.19. The second-order valence-corrected chi connectivity index (χ2v) is 6.27. The van der Waals surface area contributed by atoms with E-state index in [1.807, 2.05) is 13.8 Å². The Bertz CT molecular complexity index is 383. The molecule has 0 unspecified atom stereocenters. The molecule has 2 aliphatic rings. The van der Waals surface area contributed by atoms with Crippen molar-refractivity contribution in [1.29, 1.82) is 0 Å². The molecule has 2 atom stereocenters. The Morgan fingerprint density at radius 3 is 2.73 bits per heavy atom. The number of nitrogens with one attached hydrogen (secondary N) is 2. The number of nitrogens with zero attached hydrogens (tertiary/aromatic N) is 1. The van der Waals surface area contributed by atoms with Gasteiger partial charge in [0.05, 0.1) is 5.92 Å². The molecule has 0 radical (unpaired) electrons. The van der Waals surface area contributed by atoms with Gasteiger partial charge in [0.15, 0.2) is 6.29 Å². The molecule has 0 bridgehead atoms. The van der Waals surface area contributed by atoms with E-state index in [0.717, 1.165) is 32.1 Å². The fraction of sp³-hybridized carbons (Fsp3) is 0.867. The molecule has 126 valence electrons. The molecule has 0 aromatic rings. The van der Waals surface area contributed by atoms with Gasteiger partial charge < -0.3 is 15.0 Å². The number of hydrogen-bond donors (Lipinski definition) is 2. The molecule has 3 amide bonds. The number of likely N-dealkylation sites (tertiary alicyclic amines) is 1. The van der Waals surface area contributed by atoms with E-state index in [0.29, 0.717) is 19.7 Å². The van der Waals surface area contributed by atoms with Crippen LogP contribution < -0.4 is 10.8 Å². The van der Waals surface area contributed by atoms with Crippen LogP contribution in [0.5, 0.6) is 0 Å². The number of urea groups is 1. The van der Waals surface area contributed by atoms with Gasteiger partial charge in [-0.15, -0.1) is 0 Å². The maximum absolute atomic E-state index is 12.2. The van der Waals surface area contributed by atoms with Gasteiger partial charge in [0, 0.05) is 32.2 Å². The zero-order valence-electron chi connectivity index (χ0n) is 13.5. The third kappa shape index (κ3) is 5.14. The Kier molecular flexibility index (Phi) is 6.45. The molecule has 2 N–H and O–H groups in total. The number of piperidine rings is 1. The van der Waals surface area contributed by atoms with Gasteiger partial charge in [0.2, 0.25) is 5.91 Å². The number of rotatable bonds is 4. The second-order valence-electron chi connectivity index (χ2n) is 6.27. The molecular weight excluding hydrogens is 286 g/mol. The van der Waals surface area contributed by atoms with Gasteiger partial charge >= 0.3 is 6.03 Å². The maximum Gasteiger partial charge on any atom is 0.317 e. The highest BCUT2D eigenvalue weighted by Crippen LogP contribution is 2.18. The van der Waals surface area contributed by atoms with Crippen LogP contribution in [0, 0.1) is 5.92 Å². The van der Waals surface area contributed by atoms with E-state index >= 15 is 0 Å². The number of hydroxylamine groups is 1. The highest BCUT2D eigenvalue weighted by Gasteiger charge is 2.29. The van der Waals surface area contributed by atoms with Crippen LogP contribution in [0.1, 0.15) is 46.0 Å². The number of carbonyl (C=O) groups is 2. The van der Waals surface area contributed by atoms with Crippen molar-refractivity contribution in [2.24, 2.45) is 5.92 Å². The van der Waals surface area contributed by atoms with E-state index in [1.165, 1.54) is 0 Å². The summed E-state index contributed by atoms with van der Waals surface area (Å²) >= 11 is 0. The summed E-state index contributed by atoms with van der Waals surface area (Å²) in [5.41, 5.74) is 2.50. The monoisotopic (exact) mass is 313 g/mol. The first-order valence-corrected chi connectivity index (χ1v) is 8.19. The van der Waals surface area contributed by atoms with E-state index in [9.17, 15) is 9.59 Å². The van der Waals surface area contributed by atoms with Crippen molar-refractivity contribution in [2.45, 2.75) is 58.3 Å². The van der Waals surface area contributed by atoms with Crippen LogP contribution in [0.25, 0.3) is 0 Å². The molecule has 2 heterocycles. The van der Waals surface area contributed by atoms with Crippen LogP contribution in [0.15, 0.2) is 0 Å². The van der Waals surface area contributed by atoms with Gasteiger partial charge in [0.1, 0.15) is 0 Å². The molecule has 22 heavy (non-hydrogen) atoms. The van der Waals surface area contributed by atoms with Crippen LogP contribution in [-0.4, -0.2) is 48.9 Å². The van der Waals surface area contributed by atoms with Crippen molar-refractivity contribution < 1.29 is 19.2 Å². The van der Waals surface area contributed by atoms with Gasteiger partial charge in [-0.3, -0.25) is 4.79 Å². The van der Waals surface area contributed by atoms with Crippen molar-refractivity contribution in [3.8, 4) is 0 Å². The van der Waals surface area contributed by atoms with Gasteiger partial charge in [-0.2, -0.15) is 0 Å². The summed E-state index contributed by atoms with van der Waals surface area (Å²) in [7, 11) is 0. The largest absolute Gasteiger partial charge is 0.350 e. The van der Waals surface area contributed by atoms with Gasteiger partial charge in [-0.1, -0.05) is 0 Å². The Labute approximate surface area is 131 Å². The van der Waals surface area contributed by atoms with E-state index in [1.54, 1.807) is 4.90 Å². The van der Waals surface area contributed by atoms with Crippen molar-refractivity contribution in [2.75, 3.05) is 19.7 Å². The highest BCUT2D eigenvalue weighted by molar-refractivity contribution is 5.80. The fourth-order valence-corrected chi connectivity index (χ4v) is 2.73. The van der Waals surface area contributed by atoms with Crippen molar-refractivity contribution in [3.05, 3.63) is 0 Å². The predicted molar refractivity (Wildman–Crippen MR) is 80.8 cm³/mol. The number of amides is 3. The SMILES string of the molecule is CC(C)NC(=O)N1CCC[C@@H](C(=O)NO[C@H]2CCCCO2)C1. The second kappa shape index (κ2) is 8.33. The lowest BCUT2D eigenvalue weighted by molar-refractivity contribution is -0.202. The Balaban J connectivity index is 1.75. The first kappa shape index (κ1) is 17.0. The number of carbonyl (C=O) groups excluding carboxylic acids is 2. The van der Waals surface area contributed by atoms with Gasteiger partial charge in [0.25, 0.3) is 0 Å². The molecule has 0 spiro atoms. The summed E-state index contributed by atoms with van der Waals surface area (Å²) in [6, 6.07) is -0.0162. The van der Waals surface area contributed by atoms with Crippen molar-refractivity contribution in [3.63, 3.8) is 0 Å². The number of ether oxygens (including phenoxy) is 1. The maximum atomic E-state index is 12.2. The molecule has 2 saturated heterocycles. The van der Waals surface area contributed by atoms with E-state index in [-0.39, 0.29) is 30.2 Å². The van der Waals surface area contributed by atoms with Crippen molar-refractivity contribution in [1.82, 2.24) is 15.7 Å². The van der Waals surface area contributed by atoms with E-state index in [2.05, 4.69) is 10.8 Å². The van der Waals surface area contributed by atoms with Gasteiger partial charge in [-0.25, -0.2) is 15.1 Å². The first-order chi connectivity index (χ1) is 10.6. The quantitative estimate of drug-likeness (QED) is 0.769. The summed E-state index contributed by atoms with van der Waals surface area (Å²) in [4.78, 5) is 31.2. The Morgan fingerprint density at radius 1 is 1.23 bits per heavy atom. The van der Waals surface area contributed by atoms with Crippen LogP contribution in [0.2, 0.25) is 0 Å². The average Bonchev–Trinajstić information content (AvgIpc) is 2.53. The van der Waals surface area contributed by atoms with Crippen LogP contribution >= 0.6 is 0 Å². The van der Waals surface area contributed by atoms with Crippen molar-refractivity contribution >= 4 is 11.9 Å². The summed E-state index contributed by atoms with van der Waals surface area (Å²) in [6.07, 6.45) is 4.13. The molecule has 2 fully saturated rings. The standard InChI is InChI=1S/C15H27N3O4/c1-11(2)16-15(20)18-8-5-6-12(10-18)14(19)17-22-13-7-3-4-9-21-13/h11-13H,3-10H2,1-2H3,(H,16,20)(H,17,19)/t12-,13+/m1/s1. The minimum Gasteiger partial charge on any atom is -0.350 e. The summed E-state index contributed by atoms with van der Waals surface area (Å²) < 4.78 is 5.41. The minimum atomic E-state index is -0.346. The Hall–Kier alpha value is -1.34. The fourth-order valence-electron chi connectivity index (χ4n) is 2.73. The summed E-state index contributed by atoms with van der Waals surface area (Å²) in [5.74, 6) is -0.397. The van der Waals surface area contributed by atoms with E-state index in [4.69, 9.17) is 9.57 Å². The topological polar surface area (TPSA) is 79.9 Å². The van der Waals surface area contributed by atoms with Crippen LogP contribution in [0.4, 0.5) is 4.79 Å². The summed E-state index contributed by atoms with van der Waals surface area (Å²) in [5, 5.41) is 2.86. The normalized spacial score (nSPS) is 25.9. The predicted octanol–water partition coefficient (Wildman–Crippen LogP) is 1.39. The zero-order valence-corrected chi connectivity index (χ0v) is 13.5. The molecule has 0 aromatic heterocycles. The highest BCUT2D eigenvalue weighted by atomic mass is 16.8. The van der Waals surface area contributed by atoms with Crippen LogP contribution in [0.3, 0.4) is 0 Å². The minimum absolute atomic E-state index is 0.0912. The molecule has 0 saturated carbocycles. The zero-order chi connectivity index (χ0) is 15.9. The molecule has 0 aromatic carbocycles. The molecule has 7 nitrogen and oxygen atoms in total. The van der Waals surface area contributed by atoms with Gasteiger partial charge in [-0.05, 0) is 39.5 Å². The molecular formula is C15H27N3O4. The lowest BCUT2D eigenvalue weighted by Crippen LogP contribution is -2.50. The molecule has 2 aliphatic heterocycles. The van der Waals surface area contributed by atoms with Crippen LogP contribution in [-0.2, 0) is 14.4 Å². The smallest absolute Gasteiger partial charge is 0.317 e. The van der Waals surface area contributed by atoms with E-state index < -0.39 is 0 Å². The average molecular weight is 313 g/mol. The number of hydrogen-bond acceptors (Lipinski definition) is 4.